The molecule has 0 saturated heterocycles. The second kappa shape index (κ2) is 23.6. The summed E-state index contributed by atoms with van der Waals surface area (Å²) in [5.74, 6) is 3.63. The summed E-state index contributed by atoms with van der Waals surface area (Å²) in [6.45, 7) is 0. The smallest absolute Gasteiger partial charge is 0.165 e. The molecule has 8 heterocycles. The van der Waals surface area contributed by atoms with Gasteiger partial charge < -0.3 is 0 Å². The molecule has 0 N–H and O–H groups in total. The maximum Gasteiger partial charge on any atom is 0.165 e. The zero-order valence-electron chi connectivity index (χ0n) is 54.1. The van der Waals surface area contributed by atoms with Crippen LogP contribution in [0.5, 0.6) is 0 Å². The third-order valence-corrected chi connectivity index (χ3v) is 24.4. The lowest BCUT2D eigenvalue weighted by atomic mass is 9.98. The largest absolute Gasteiger partial charge is 0.247 e. The molecule has 21 aromatic rings. The van der Waals surface area contributed by atoms with Crippen molar-refractivity contribution in [2.75, 3.05) is 0 Å². The van der Waals surface area contributed by atoms with E-state index in [0.717, 1.165) is 119 Å². The standard InChI is InChI=1S/C90H50N8S4/c1-2-18-53(19-3-1)85-94-88(60-23-15-22-59(49-60)80-78-68-28-8-13-37-75(68)101-84(78)66-26-5-10-34-72(66)92-80)98-90(95-85)70-32-17-30-64-62-47-46-57(50-76(62)102-82(64)70)52-40-44-55(45-41-52)87-93-86(96-89(97-87)69-31-16-29-63-61-24-6-11-35-73(61)99-81(63)69)54-42-38-51(39-43-54)56-20-14-21-58(48-56)79-77-67-27-7-12-36-74(67)100-83(77)65-25-4-9-33-71(65)91-79/h1-50H. The fourth-order valence-corrected chi connectivity index (χ4v) is 19.6. The van der Waals surface area contributed by atoms with E-state index in [1.165, 1.54) is 61.2 Å². The van der Waals surface area contributed by atoms with Crippen LogP contribution >= 0.6 is 45.3 Å². The summed E-state index contributed by atoms with van der Waals surface area (Å²) in [7, 11) is 0. The number of benzene rings is 13. The number of para-hydroxylation sites is 2. The Kier molecular flexibility index (Phi) is 13.6. The molecule has 21 rings (SSSR count). The fourth-order valence-electron chi connectivity index (χ4n) is 14.7. The third-order valence-electron chi connectivity index (χ3n) is 19.6. The van der Waals surface area contributed by atoms with Crippen LogP contribution < -0.4 is 0 Å². The number of rotatable bonds is 10. The summed E-state index contributed by atoms with van der Waals surface area (Å²) in [6.07, 6.45) is 0. The topological polar surface area (TPSA) is 103 Å². The van der Waals surface area contributed by atoms with Gasteiger partial charge in [-0.25, -0.2) is 39.9 Å². The predicted octanol–water partition coefficient (Wildman–Crippen LogP) is 25.3. The normalized spacial score (nSPS) is 11.9. The van der Waals surface area contributed by atoms with Crippen molar-refractivity contribution in [1.82, 2.24) is 39.9 Å². The van der Waals surface area contributed by atoms with Crippen LogP contribution in [-0.2, 0) is 0 Å². The second-order valence-corrected chi connectivity index (χ2v) is 29.8. The lowest BCUT2D eigenvalue weighted by Crippen LogP contribution is -2.00. The Morgan fingerprint density at radius 3 is 1.05 bits per heavy atom. The molecule has 0 aliphatic carbocycles. The second-order valence-electron chi connectivity index (χ2n) is 25.6. The van der Waals surface area contributed by atoms with Crippen LogP contribution in [0.1, 0.15) is 0 Å². The SMILES string of the molecule is c1ccc(-c2nc(-c3cccc(-c4nc5ccccc5c5sc6ccccc6c45)c3)nc(-c3cccc4c3sc3cc(-c5ccc(-c6nc(-c7ccc(-c8cccc(-c9nc%10ccccc%10c%10sc%11ccccc%11c9%10)c8)cc7)nc(-c7cccc8c7sc7ccccc78)n6)cc5)ccc34)n2)cc1. The molecule has 0 atom stereocenters. The van der Waals surface area contributed by atoms with Gasteiger partial charge in [0.25, 0.3) is 0 Å². The van der Waals surface area contributed by atoms with Crippen LogP contribution in [0.2, 0.25) is 0 Å². The molecule has 0 aliphatic rings. The van der Waals surface area contributed by atoms with Gasteiger partial charge in [0.1, 0.15) is 0 Å². The highest BCUT2D eigenvalue weighted by Gasteiger charge is 2.23. The van der Waals surface area contributed by atoms with Crippen molar-refractivity contribution < 1.29 is 0 Å². The van der Waals surface area contributed by atoms with Crippen molar-refractivity contribution >= 4 is 148 Å². The first kappa shape index (κ1) is 58.5. The van der Waals surface area contributed by atoms with Crippen molar-refractivity contribution in [3.8, 4) is 113 Å². The van der Waals surface area contributed by atoms with Crippen LogP contribution in [0.3, 0.4) is 0 Å². The van der Waals surface area contributed by atoms with E-state index >= 15 is 0 Å². The molecule has 474 valence electrons. The van der Waals surface area contributed by atoms with Gasteiger partial charge in [-0.05, 0) is 82.9 Å². The van der Waals surface area contributed by atoms with Gasteiger partial charge in [0.2, 0.25) is 0 Å². The van der Waals surface area contributed by atoms with Crippen molar-refractivity contribution in [2.45, 2.75) is 0 Å². The van der Waals surface area contributed by atoms with Crippen LogP contribution in [-0.4, -0.2) is 39.9 Å². The molecule has 13 aromatic carbocycles. The predicted molar refractivity (Wildman–Crippen MR) is 430 cm³/mol. The van der Waals surface area contributed by atoms with E-state index in [9.17, 15) is 0 Å². The number of fused-ring (bicyclic) bond motifs is 16. The van der Waals surface area contributed by atoms with Crippen molar-refractivity contribution in [3.63, 3.8) is 0 Å². The number of hydrogen-bond acceptors (Lipinski definition) is 12. The molecular weight excluding hydrogens is 1320 g/mol. The number of pyridine rings is 2. The van der Waals surface area contributed by atoms with Crippen LogP contribution in [0, 0.1) is 0 Å². The number of hydrogen-bond donors (Lipinski definition) is 0. The molecule has 8 aromatic heterocycles. The zero-order valence-corrected chi connectivity index (χ0v) is 57.3. The Morgan fingerprint density at radius 2 is 0.510 bits per heavy atom. The van der Waals surface area contributed by atoms with Crippen molar-refractivity contribution in [2.24, 2.45) is 0 Å². The molecule has 0 saturated carbocycles. The summed E-state index contributed by atoms with van der Waals surface area (Å²) >= 11 is 7.20. The molecule has 0 radical (unpaired) electrons. The molecule has 12 heteroatoms. The number of thiophene rings is 4. The Balaban J connectivity index is 0.630. The van der Waals surface area contributed by atoms with Gasteiger partial charge in [0.05, 0.1) is 22.4 Å². The van der Waals surface area contributed by atoms with Crippen LogP contribution in [0.15, 0.2) is 303 Å². The average Bonchev–Trinajstić information content (AvgIpc) is 1.56. The number of nitrogens with zero attached hydrogens (tertiary/aromatic N) is 8. The third kappa shape index (κ3) is 9.74. The van der Waals surface area contributed by atoms with Gasteiger partial charge >= 0.3 is 0 Å². The molecule has 102 heavy (non-hydrogen) atoms. The van der Waals surface area contributed by atoms with E-state index in [-0.39, 0.29) is 0 Å². The average molecular weight is 1370 g/mol. The summed E-state index contributed by atoms with van der Waals surface area (Å²) in [5.41, 5.74) is 15.8. The monoisotopic (exact) mass is 1370 g/mol. The highest BCUT2D eigenvalue weighted by Crippen LogP contribution is 2.48. The number of aromatic nitrogens is 8. The highest BCUT2D eigenvalue weighted by molar-refractivity contribution is 7.28. The molecule has 0 unspecified atom stereocenters. The molecule has 0 amide bonds. The molecule has 8 nitrogen and oxygen atoms in total. The van der Waals surface area contributed by atoms with Gasteiger partial charge in [-0.2, -0.15) is 0 Å². The zero-order chi connectivity index (χ0) is 66.9. The summed E-state index contributed by atoms with van der Waals surface area (Å²) in [6, 6.07) is 107. The Bertz CT molecular complexity index is 7020. The summed E-state index contributed by atoms with van der Waals surface area (Å²) < 4.78 is 9.63. The molecule has 0 spiro atoms. The Morgan fingerprint density at radius 1 is 0.176 bits per heavy atom. The first-order valence-corrected chi connectivity index (χ1v) is 37.0. The van der Waals surface area contributed by atoms with E-state index in [1.54, 1.807) is 22.7 Å². The van der Waals surface area contributed by atoms with Gasteiger partial charge in [0, 0.05) is 136 Å². The summed E-state index contributed by atoms with van der Waals surface area (Å²) in [5, 5.41) is 11.9. The lowest BCUT2D eigenvalue weighted by molar-refractivity contribution is 1.08. The van der Waals surface area contributed by atoms with Gasteiger partial charge in [0.15, 0.2) is 34.9 Å². The van der Waals surface area contributed by atoms with E-state index in [1.807, 2.05) is 40.9 Å². The lowest BCUT2D eigenvalue weighted by Gasteiger charge is -2.11. The van der Waals surface area contributed by atoms with E-state index in [4.69, 9.17) is 39.9 Å². The maximum atomic E-state index is 5.37. The van der Waals surface area contributed by atoms with E-state index in [2.05, 4.69) is 285 Å². The quantitative estimate of drug-likeness (QED) is 0.133. The minimum Gasteiger partial charge on any atom is -0.247 e. The van der Waals surface area contributed by atoms with Crippen molar-refractivity contribution in [1.29, 1.82) is 0 Å². The van der Waals surface area contributed by atoms with Gasteiger partial charge in [-0.3, -0.25) is 0 Å². The van der Waals surface area contributed by atoms with Gasteiger partial charge in [-0.1, -0.05) is 243 Å². The highest BCUT2D eigenvalue weighted by atomic mass is 32.1. The van der Waals surface area contributed by atoms with Crippen molar-refractivity contribution in [3.05, 3.63) is 303 Å². The summed E-state index contributed by atoms with van der Waals surface area (Å²) in [4.78, 5) is 42.5. The van der Waals surface area contributed by atoms with Gasteiger partial charge in [-0.15, -0.1) is 45.3 Å². The molecular formula is C90H50N8S4. The Hall–Kier alpha value is -12.4. The maximum absolute atomic E-state index is 5.37. The molecule has 0 bridgehead atoms. The minimum atomic E-state index is 0.590. The van der Waals surface area contributed by atoms with E-state index in [0.29, 0.717) is 34.9 Å². The first-order valence-electron chi connectivity index (χ1n) is 33.8. The van der Waals surface area contributed by atoms with Crippen LogP contribution in [0.25, 0.3) is 216 Å². The first-order chi connectivity index (χ1) is 50.5. The molecule has 0 aliphatic heterocycles. The Labute approximate surface area is 599 Å². The van der Waals surface area contributed by atoms with E-state index < -0.39 is 0 Å². The fraction of sp³-hybridized carbons (Fsp3) is 0. The molecule has 0 fully saturated rings. The van der Waals surface area contributed by atoms with Crippen LogP contribution in [0.4, 0.5) is 0 Å². The minimum absolute atomic E-state index is 0.590.